The van der Waals surface area contributed by atoms with Crippen LogP contribution in [0.3, 0.4) is 0 Å². The summed E-state index contributed by atoms with van der Waals surface area (Å²) in [5, 5.41) is 0. The molecule has 98 valence electrons. The van der Waals surface area contributed by atoms with Crippen molar-refractivity contribution in [3.05, 3.63) is 24.0 Å². The van der Waals surface area contributed by atoms with E-state index in [2.05, 4.69) is 4.98 Å². The number of aromatic nitrogens is 1. The van der Waals surface area contributed by atoms with Gasteiger partial charge in [0.25, 0.3) is 0 Å². The lowest BCUT2D eigenvalue weighted by Gasteiger charge is -2.00. The summed E-state index contributed by atoms with van der Waals surface area (Å²) in [6, 6.07) is 1.94. The van der Waals surface area contributed by atoms with Crippen LogP contribution in [0.4, 0.5) is 0 Å². The van der Waals surface area contributed by atoms with Gasteiger partial charge in [0.15, 0.2) is 0 Å². The topological polar surface area (TPSA) is 67.0 Å². The summed E-state index contributed by atoms with van der Waals surface area (Å²) in [4.78, 5) is 36.6. The maximum atomic E-state index is 11.6. The molecule has 1 rings (SSSR count). The van der Waals surface area contributed by atoms with Crippen molar-refractivity contribution in [3.63, 3.8) is 0 Å². The van der Waals surface area contributed by atoms with Crippen molar-refractivity contribution >= 4 is 17.3 Å². The fourth-order valence-electron chi connectivity index (χ4n) is 1.64. The summed E-state index contributed by atoms with van der Waals surface area (Å²) in [6.07, 6.45) is 5.98. The Morgan fingerprint density at radius 3 is 2.17 bits per heavy atom. The van der Waals surface area contributed by atoms with Gasteiger partial charge >= 0.3 is 0 Å². The number of carbonyl (C=O) groups excluding carboxylic acids is 3. The van der Waals surface area contributed by atoms with Crippen molar-refractivity contribution in [2.75, 3.05) is 0 Å². The third-order valence-electron chi connectivity index (χ3n) is 2.79. The van der Waals surface area contributed by atoms with Crippen LogP contribution < -0.4 is 0 Å². The second-order valence-corrected chi connectivity index (χ2v) is 4.50. The third-order valence-corrected chi connectivity index (χ3v) is 2.79. The first kappa shape index (κ1) is 14.4. The van der Waals surface area contributed by atoms with Crippen LogP contribution in [0.2, 0.25) is 0 Å². The number of aryl methyl sites for hydroxylation is 1. The normalized spacial score (nSPS) is 10.3. The minimum Gasteiger partial charge on any atom is -0.367 e. The minimum absolute atomic E-state index is 0.000180. The van der Waals surface area contributed by atoms with Crippen molar-refractivity contribution < 1.29 is 14.4 Å². The maximum Gasteiger partial charge on any atom is 0.133 e. The Bertz CT molecular complexity index is 407. The standard InChI is InChI=1S/C14H19NO3/c1-11(16)2-4-13(17)6-7-14(18)5-3-12-8-9-15-10-12/h8-10,15H,2-7H2,1H3. The Balaban J connectivity index is 2.13. The first-order valence-corrected chi connectivity index (χ1v) is 6.22. The SMILES string of the molecule is CC(=O)CCC(=O)CCC(=O)CCc1cc[nH]c1. The molecule has 0 saturated carbocycles. The van der Waals surface area contributed by atoms with E-state index in [0.717, 1.165) is 5.56 Å². The second-order valence-electron chi connectivity index (χ2n) is 4.50. The van der Waals surface area contributed by atoms with E-state index < -0.39 is 0 Å². The molecule has 0 fully saturated rings. The van der Waals surface area contributed by atoms with Crippen molar-refractivity contribution in [1.29, 1.82) is 0 Å². The van der Waals surface area contributed by atoms with Gasteiger partial charge in [-0.2, -0.15) is 0 Å². The molecule has 0 spiro atoms. The van der Waals surface area contributed by atoms with Gasteiger partial charge in [-0.05, 0) is 25.0 Å². The third kappa shape index (κ3) is 6.13. The van der Waals surface area contributed by atoms with E-state index in [-0.39, 0.29) is 36.6 Å². The van der Waals surface area contributed by atoms with Crippen molar-refractivity contribution in [2.24, 2.45) is 0 Å². The van der Waals surface area contributed by atoms with E-state index in [4.69, 9.17) is 0 Å². The number of carbonyl (C=O) groups is 3. The van der Waals surface area contributed by atoms with Crippen LogP contribution in [0.25, 0.3) is 0 Å². The van der Waals surface area contributed by atoms with Crippen molar-refractivity contribution in [3.8, 4) is 0 Å². The zero-order chi connectivity index (χ0) is 13.4. The number of aromatic amines is 1. The molecule has 0 amide bonds. The molecule has 0 saturated heterocycles. The lowest BCUT2D eigenvalue weighted by atomic mass is 10.0. The maximum absolute atomic E-state index is 11.6. The Labute approximate surface area is 107 Å². The zero-order valence-electron chi connectivity index (χ0n) is 10.7. The highest BCUT2D eigenvalue weighted by molar-refractivity contribution is 5.88. The molecule has 1 heterocycles. The number of Topliss-reactive ketones (excluding diaryl/α,β-unsaturated/α-hetero) is 3. The summed E-state index contributed by atoms with van der Waals surface area (Å²) in [7, 11) is 0. The quantitative estimate of drug-likeness (QED) is 0.729. The smallest absolute Gasteiger partial charge is 0.133 e. The molecule has 0 atom stereocenters. The molecule has 0 aromatic carbocycles. The van der Waals surface area contributed by atoms with Gasteiger partial charge in [0.1, 0.15) is 17.3 Å². The Morgan fingerprint density at radius 1 is 1.00 bits per heavy atom. The molecule has 4 heteroatoms. The number of hydrogen-bond donors (Lipinski definition) is 1. The minimum atomic E-state index is 0.000180. The molecule has 0 unspecified atom stereocenters. The van der Waals surface area contributed by atoms with Gasteiger partial charge in [-0.15, -0.1) is 0 Å². The first-order valence-electron chi connectivity index (χ1n) is 6.22. The Hall–Kier alpha value is -1.71. The second kappa shape index (κ2) is 7.58. The van der Waals surface area contributed by atoms with Crippen LogP contribution in [0.15, 0.2) is 18.5 Å². The number of nitrogens with one attached hydrogen (secondary N) is 1. The molecule has 0 aliphatic heterocycles. The number of H-pyrrole nitrogens is 1. The number of rotatable bonds is 9. The van der Waals surface area contributed by atoms with Crippen LogP contribution in [0.1, 0.15) is 44.6 Å². The highest BCUT2D eigenvalue weighted by atomic mass is 16.1. The van der Waals surface area contributed by atoms with Gasteiger partial charge in [-0.25, -0.2) is 0 Å². The van der Waals surface area contributed by atoms with Gasteiger partial charge in [-0.3, -0.25) is 9.59 Å². The predicted molar refractivity (Wildman–Crippen MR) is 68.3 cm³/mol. The van der Waals surface area contributed by atoms with Crippen LogP contribution in [0, 0.1) is 0 Å². The molecule has 0 aliphatic carbocycles. The Kier molecular flexibility index (Phi) is 6.05. The lowest BCUT2D eigenvalue weighted by Crippen LogP contribution is -2.06. The largest absolute Gasteiger partial charge is 0.367 e. The van der Waals surface area contributed by atoms with E-state index in [1.54, 1.807) is 0 Å². The van der Waals surface area contributed by atoms with Crippen LogP contribution in [-0.4, -0.2) is 22.3 Å². The molecule has 0 aliphatic rings. The van der Waals surface area contributed by atoms with Crippen LogP contribution in [-0.2, 0) is 20.8 Å². The van der Waals surface area contributed by atoms with E-state index >= 15 is 0 Å². The fraction of sp³-hybridized carbons (Fsp3) is 0.500. The molecule has 1 aromatic rings. The van der Waals surface area contributed by atoms with E-state index in [1.807, 2.05) is 18.5 Å². The molecular weight excluding hydrogens is 230 g/mol. The van der Waals surface area contributed by atoms with E-state index in [0.29, 0.717) is 19.3 Å². The molecule has 18 heavy (non-hydrogen) atoms. The number of ketones is 3. The lowest BCUT2D eigenvalue weighted by molar-refractivity contribution is -0.125. The van der Waals surface area contributed by atoms with E-state index in [9.17, 15) is 14.4 Å². The molecular formula is C14H19NO3. The van der Waals surface area contributed by atoms with E-state index in [1.165, 1.54) is 6.92 Å². The molecule has 0 bridgehead atoms. The highest BCUT2D eigenvalue weighted by Gasteiger charge is 2.08. The van der Waals surface area contributed by atoms with Crippen LogP contribution in [0.5, 0.6) is 0 Å². The molecule has 4 nitrogen and oxygen atoms in total. The predicted octanol–water partition coefficient (Wildman–Crippen LogP) is 2.23. The van der Waals surface area contributed by atoms with Crippen LogP contribution >= 0.6 is 0 Å². The number of hydrogen-bond acceptors (Lipinski definition) is 3. The monoisotopic (exact) mass is 249 g/mol. The van der Waals surface area contributed by atoms with Gasteiger partial charge < -0.3 is 9.78 Å². The average molecular weight is 249 g/mol. The molecule has 0 radical (unpaired) electrons. The molecule has 1 N–H and O–H groups in total. The summed E-state index contributed by atoms with van der Waals surface area (Å²) in [5.74, 6) is 0.120. The van der Waals surface area contributed by atoms with Gasteiger partial charge in [0, 0.05) is 44.5 Å². The molecule has 1 aromatic heterocycles. The highest BCUT2D eigenvalue weighted by Crippen LogP contribution is 2.06. The van der Waals surface area contributed by atoms with Crippen molar-refractivity contribution in [2.45, 2.75) is 45.4 Å². The summed E-state index contributed by atoms with van der Waals surface area (Å²) in [6.45, 7) is 1.47. The zero-order valence-corrected chi connectivity index (χ0v) is 10.7. The average Bonchev–Trinajstić information content (AvgIpc) is 2.84. The van der Waals surface area contributed by atoms with Gasteiger partial charge in [0.05, 0.1) is 0 Å². The van der Waals surface area contributed by atoms with Gasteiger partial charge in [-0.1, -0.05) is 0 Å². The van der Waals surface area contributed by atoms with Crippen molar-refractivity contribution in [1.82, 2.24) is 4.98 Å². The Morgan fingerprint density at radius 2 is 1.61 bits per heavy atom. The fourth-order valence-corrected chi connectivity index (χ4v) is 1.64. The first-order chi connectivity index (χ1) is 8.58. The van der Waals surface area contributed by atoms with Gasteiger partial charge in [0.2, 0.25) is 0 Å². The summed E-state index contributed by atoms with van der Waals surface area (Å²) >= 11 is 0. The summed E-state index contributed by atoms with van der Waals surface area (Å²) in [5.41, 5.74) is 1.10. The summed E-state index contributed by atoms with van der Waals surface area (Å²) < 4.78 is 0.